The van der Waals surface area contributed by atoms with Crippen LogP contribution in [0.5, 0.6) is 0 Å². The van der Waals surface area contributed by atoms with Crippen molar-refractivity contribution in [1.82, 2.24) is 15.1 Å². The van der Waals surface area contributed by atoms with E-state index in [2.05, 4.69) is 33.8 Å². The Hall–Kier alpha value is -1.11. The predicted octanol–water partition coefficient (Wildman–Crippen LogP) is -1.31. The second kappa shape index (κ2) is 7.05. The van der Waals surface area contributed by atoms with Gasteiger partial charge in [-0.05, 0) is 57.0 Å². The SMILES string of the molecule is BC(B)(B)COC(=O)N1C2CCC1CC(N1CCC3(CC1)CNC(=O)C3)C2. The molecule has 9 heteroatoms. The molecule has 4 saturated heterocycles. The molecule has 2 atom stereocenters. The van der Waals surface area contributed by atoms with E-state index >= 15 is 0 Å². The smallest absolute Gasteiger partial charge is 0.410 e. The third-order valence-electron chi connectivity index (χ3n) is 7.12. The molecule has 4 aliphatic rings. The third-order valence-corrected chi connectivity index (χ3v) is 7.12. The van der Waals surface area contributed by atoms with Crippen LogP contribution < -0.4 is 5.32 Å². The number of ether oxygens (including phenoxy) is 1. The Morgan fingerprint density at radius 2 is 1.78 bits per heavy atom. The molecule has 4 rings (SSSR count). The van der Waals surface area contributed by atoms with Gasteiger partial charge in [0.15, 0.2) is 0 Å². The largest absolute Gasteiger partial charge is 0.451 e. The van der Waals surface area contributed by atoms with Crippen LogP contribution >= 0.6 is 0 Å². The maximum absolute atomic E-state index is 12.6. The van der Waals surface area contributed by atoms with Crippen molar-refractivity contribution in [3.8, 4) is 0 Å². The van der Waals surface area contributed by atoms with E-state index in [1.54, 1.807) is 0 Å². The van der Waals surface area contributed by atoms with Gasteiger partial charge in [-0.15, -0.1) is 0 Å². The molecular weight excluding hydrogens is 339 g/mol. The molecule has 2 unspecified atom stereocenters. The lowest BCUT2D eigenvalue weighted by atomic mass is 9.43. The van der Waals surface area contributed by atoms with Crippen molar-refractivity contribution in [2.75, 3.05) is 26.2 Å². The van der Waals surface area contributed by atoms with E-state index in [1.807, 2.05) is 4.90 Å². The van der Waals surface area contributed by atoms with E-state index in [0.29, 0.717) is 31.2 Å². The number of piperidine rings is 2. The second-order valence-electron chi connectivity index (χ2n) is 10.5. The van der Waals surface area contributed by atoms with Crippen molar-refractivity contribution < 1.29 is 14.3 Å². The Kier molecular flexibility index (Phi) is 5.02. The first kappa shape index (κ1) is 19.2. The van der Waals surface area contributed by atoms with Crippen LogP contribution in [0.3, 0.4) is 0 Å². The number of hydrogen-bond donors (Lipinski definition) is 1. The molecule has 2 amide bonds. The fraction of sp³-hybridized carbons (Fsp3) is 0.889. The molecule has 0 aliphatic carbocycles. The Balaban J connectivity index is 1.31. The highest BCUT2D eigenvalue weighted by Gasteiger charge is 2.47. The topological polar surface area (TPSA) is 61.9 Å². The van der Waals surface area contributed by atoms with Gasteiger partial charge in [-0.25, -0.2) is 4.79 Å². The maximum Gasteiger partial charge on any atom is 0.410 e. The van der Waals surface area contributed by atoms with Crippen molar-refractivity contribution in [3.05, 3.63) is 0 Å². The van der Waals surface area contributed by atoms with Crippen molar-refractivity contribution in [3.63, 3.8) is 0 Å². The summed E-state index contributed by atoms with van der Waals surface area (Å²) in [5, 5.41) is 3.03. The fourth-order valence-electron chi connectivity index (χ4n) is 5.57. The first-order valence-corrected chi connectivity index (χ1v) is 10.7. The van der Waals surface area contributed by atoms with Gasteiger partial charge in [-0.3, -0.25) is 4.79 Å². The average molecular weight is 371 g/mol. The van der Waals surface area contributed by atoms with Gasteiger partial charge < -0.3 is 19.9 Å². The minimum atomic E-state index is -0.107. The zero-order valence-corrected chi connectivity index (χ0v) is 17.1. The number of carbonyl (C=O) groups is 2. The normalized spacial score (nSPS) is 33.3. The van der Waals surface area contributed by atoms with Gasteiger partial charge in [0.1, 0.15) is 0 Å². The number of rotatable bonds is 3. The molecule has 0 radical (unpaired) electrons. The van der Waals surface area contributed by atoms with Crippen molar-refractivity contribution in [2.24, 2.45) is 5.41 Å². The monoisotopic (exact) mass is 371 g/mol. The molecule has 146 valence electrons. The molecule has 1 spiro atoms. The first-order chi connectivity index (χ1) is 12.7. The van der Waals surface area contributed by atoms with E-state index < -0.39 is 0 Å². The number of likely N-dealkylation sites (tertiary alicyclic amines) is 1. The summed E-state index contributed by atoms with van der Waals surface area (Å²) in [6, 6.07) is 1.26. The van der Waals surface area contributed by atoms with Crippen LogP contribution in [0.15, 0.2) is 0 Å². The lowest BCUT2D eigenvalue weighted by Crippen LogP contribution is -2.55. The number of carbonyl (C=O) groups excluding carboxylic acids is 2. The van der Waals surface area contributed by atoms with Gasteiger partial charge in [-0.1, -0.05) is 5.11 Å². The standard InChI is InChI=1S/C18H32B3N3O3/c19-18(20,21)11-27-16(26)24-12-1-2-13(24)8-14(7-12)23-5-3-17(4-6-23)9-15(25)22-10-17/h12-14H,1-11,19-21H2,(H,22,25). The van der Waals surface area contributed by atoms with E-state index in [4.69, 9.17) is 4.74 Å². The van der Waals surface area contributed by atoms with Gasteiger partial charge in [0.2, 0.25) is 5.91 Å². The minimum absolute atomic E-state index is 0.00721. The van der Waals surface area contributed by atoms with Crippen LogP contribution in [0.4, 0.5) is 4.79 Å². The lowest BCUT2D eigenvalue weighted by Gasteiger charge is -2.46. The molecule has 4 fully saturated rings. The molecule has 1 N–H and O–H groups in total. The summed E-state index contributed by atoms with van der Waals surface area (Å²) in [4.78, 5) is 29.0. The van der Waals surface area contributed by atoms with Crippen LogP contribution in [0, 0.1) is 5.41 Å². The van der Waals surface area contributed by atoms with Gasteiger partial charge in [-0.2, -0.15) is 0 Å². The average Bonchev–Trinajstić information content (AvgIpc) is 3.09. The number of nitrogens with one attached hydrogen (secondary N) is 1. The molecule has 0 aromatic rings. The van der Waals surface area contributed by atoms with Gasteiger partial charge >= 0.3 is 6.09 Å². The molecular formula is C18H32B3N3O3. The quantitative estimate of drug-likeness (QED) is 0.627. The molecule has 0 saturated carbocycles. The van der Waals surface area contributed by atoms with Crippen LogP contribution in [-0.4, -0.2) is 89.7 Å². The summed E-state index contributed by atoms with van der Waals surface area (Å²) < 4.78 is 5.62. The van der Waals surface area contributed by atoms with E-state index in [9.17, 15) is 9.59 Å². The molecule has 4 aliphatic heterocycles. The van der Waals surface area contributed by atoms with E-state index in [0.717, 1.165) is 58.2 Å². The van der Waals surface area contributed by atoms with Crippen molar-refractivity contribution in [1.29, 1.82) is 0 Å². The molecule has 27 heavy (non-hydrogen) atoms. The highest BCUT2D eigenvalue weighted by atomic mass is 16.6. The summed E-state index contributed by atoms with van der Waals surface area (Å²) in [5.74, 6) is 0.226. The molecule has 0 aromatic carbocycles. The maximum atomic E-state index is 12.6. The number of hydrogen-bond acceptors (Lipinski definition) is 4. The Morgan fingerprint density at radius 1 is 1.15 bits per heavy atom. The van der Waals surface area contributed by atoms with E-state index in [-0.39, 0.29) is 22.5 Å². The fourth-order valence-corrected chi connectivity index (χ4v) is 5.57. The predicted molar refractivity (Wildman–Crippen MR) is 112 cm³/mol. The molecule has 2 bridgehead atoms. The Morgan fingerprint density at radius 3 is 2.30 bits per heavy atom. The highest BCUT2D eigenvalue weighted by molar-refractivity contribution is 6.59. The van der Waals surface area contributed by atoms with Crippen LogP contribution in [-0.2, 0) is 9.53 Å². The highest BCUT2D eigenvalue weighted by Crippen LogP contribution is 2.42. The lowest BCUT2D eigenvalue weighted by molar-refractivity contribution is -0.119. The number of amides is 2. The molecule has 6 nitrogen and oxygen atoms in total. The van der Waals surface area contributed by atoms with Crippen molar-refractivity contribution >= 4 is 35.5 Å². The zero-order valence-electron chi connectivity index (χ0n) is 17.1. The van der Waals surface area contributed by atoms with Crippen LogP contribution in [0.1, 0.15) is 44.9 Å². The third kappa shape index (κ3) is 4.03. The van der Waals surface area contributed by atoms with Gasteiger partial charge in [0.25, 0.3) is 0 Å². The van der Waals surface area contributed by atoms with Crippen molar-refractivity contribution in [2.45, 2.75) is 68.2 Å². The van der Waals surface area contributed by atoms with E-state index in [1.165, 1.54) is 0 Å². The number of fused-ring (bicyclic) bond motifs is 2. The second-order valence-corrected chi connectivity index (χ2v) is 10.5. The zero-order chi connectivity index (χ0) is 19.2. The van der Waals surface area contributed by atoms with Gasteiger partial charge in [0, 0.05) is 31.1 Å². The van der Waals surface area contributed by atoms with Crippen LogP contribution in [0.25, 0.3) is 0 Å². The van der Waals surface area contributed by atoms with Gasteiger partial charge in [0.05, 0.1) is 30.1 Å². The summed E-state index contributed by atoms with van der Waals surface area (Å²) in [5.41, 5.74) is 0.212. The summed E-state index contributed by atoms with van der Waals surface area (Å²) >= 11 is 0. The number of nitrogens with zero attached hydrogens (tertiary/aromatic N) is 2. The minimum Gasteiger partial charge on any atom is -0.451 e. The Bertz CT molecular complexity index is 590. The molecule has 0 aromatic heterocycles. The van der Waals surface area contributed by atoms with Crippen LogP contribution in [0.2, 0.25) is 5.11 Å². The summed E-state index contributed by atoms with van der Waals surface area (Å²) in [6.07, 6.45) is 7.22. The molecule has 4 heterocycles. The first-order valence-electron chi connectivity index (χ1n) is 10.7. The summed E-state index contributed by atoms with van der Waals surface area (Å²) in [6.45, 7) is 3.52. The Labute approximate surface area is 165 Å². The summed E-state index contributed by atoms with van der Waals surface area (Å²) in [7, 11) is 6.28.